The Morgan fingerprint density at radius 1 is 1.58 bits per heavy atom. The van der Waals surface area contributed by atoms with Crippen molar-refractivity contribution in [3.63, 3.8) is 0 Å². The molecule has 0 amide bonds. The minimum Gasteiger partial charge on any atom is -0.478 e. The lowest BCUT2D eigenvalue weighted by atomic mass is 10.7. The summed E-state index contributed by atoms with van der Waals surface area (Å²) >= 11 is 0. The maximum Gasteiger partial charge on any atom is 0.328 e. The molecule has 0 heterocycles. The van der Waals surface area contributed by atoms with E-state index < -0.39 is 13.3 Å². The van der Waals surface area contributed by atoms with Gasteiger partial charge in [0.2, 0.25) is 7.37 Å². The summed E-state index contributed by atoms with van der Waals surface area (Å²) in [4.78, 5) is 10.1. The highest BCUT2D eigenvalue weighted by molar-refractivity contribution is 7.62. The highest BCUT2D eigenvalue weighted by atomic mass is 31.2. The normalized spacial score (nSPS) is 16.2. The average Bonchev–Trinajstić information content (AvgIpc) is 2.02. The molecule has 1 N–H and O–H groups in total. The number of carbonyl (C=O) groups is 1. The van der Waals surface area contributed by atoms with Crippen LogP contribution in [-0.4, -0.2) is 23.8 Å². The molecule has 0 aliphatic heterocycles. The molecule has 0 aromatic rings. The van der Waals surface area contributed by atoms with Crippen LogP contribution in [0.15, 0.2) is 11.9 Å². The van der Waals surface area contributed by atoms with Crippen LogP contribution in [0.2, 0.25) is 0 Å². The van der Waals surface area contributed by atoms with Crippen LogP contribution in [0.5, 0.6) is 0 Å². The van der Waals surface area contributed by atoms with Gasteiger partial charge >= 0.3 is 5.97 Å². The predicted octanol–water partition coefficient (Wildman–Crippen LogP) is 1.92. The average molecular weight is 192 g/mol. The summed E-state index contributed by atoms with van der Waals surface area (Å²) in [6.07, 6.45) is 1.19. The van der Waals surface area contributed by atoms with Crippen LogP contribution >= 0.6 is 7.37 Å². The number of hydrogen-bond acceptors (Lipinski definition) is 3. The van der Waals surface area contributed by atoms with Crippen LogP contribution in [0.1, 0.15) is 13.8 Å². The van der Waals surface area contributed by atoms with E-state index in [0.717, 1.165) is 11.9 Å². The maximum atomic E-state index is 11.5. The molecule has 0 saturated carbocycles. The Hall–Kier alpha value is -0.600. The Morgan fingerprint density at radius 3 is 2.50 bits per heavy atom. The van der Waals surface area contributed by atoms with E-state index >= 15 is 0 Å². The van der Waals surface area contributed by atoms with Gasteiger partial charge in [-0.05, 0) is 6.92 Å². The first-order chi connectivity index (χ1) is 5.54. The summed E-state index contributed by atoms with van der Waals surface area (Å²) < 4.78 is 16.4. The van der Waals surface area contributed by atoms with Crippen molar-refractivity contribution >= 4 is 13.3 Å². The van der Waals surface area contributed by atoms with E-state index in [1.807, 2.05) is 0 Å². The van der Waals surface area contributed by atoms with Gasteiger partial charge in [0, 0.05) is 18.1 Å². The smallest absolute Gasteiger partial charge is 0.328 e. The van der Waals surface area contributed by atoms with Crippen molar-refractivity contribution in [3.8, 4) is 0 Å². The van der Waals surface area contributed by atoms with Crippen molar-refractivity contribution in [2.75, 3.05) is 12.8 Å². The van der Waals surface area contributed by atoms with E-state index in [9.17, 15) is 9.36 Å². The standard InChI is InChI=1S/C7H13O4P/c1-3-11-12(10,4-2)6-5-7(8)9/h5-6H,3-4H2,1-2H3,(H,8,9)/b6-5-/t12-/m0/s1. The second kappa shape index (κ2) is 5.12. The molecule has 12 heavy (non-hydrogen) atoms. The topological polar surface area (TPSA) is 63.6 Å². The van der Waals surface area contributed by atoms with Gasteiger partial charge in [0.25, 0.3) is 0 Å². The fourth-order valence-electron chi connectivity index (χ4n) is 0.636. The molecule has 0 spiro atoms. The summed E-state index contributed by atoms with van der Waals surface area (Å²) in [7, 11) is -2.82. The molecule has 0 radical (unpaired) electrons. The van der Waals surface area contributed by atoms with Gasteiger partial charge in [-0.15, -0.1) is 0 Å². The second-order valence-electron chi connectivity index (χ2n) is 2.11. The minimum atomic E-state index is -2.82. The zero-order valence-corrected chi connectivity index (χ0v) is 8.08. The third-order valence-corrected chi connectivity index (χ3v) is 3.41. The second-order valence-corrected chi connectivity index (χ2v) is 4.76. The highest BCUT2D eigenvalue weighted by Crippen LogP contribution is 2.47. The Bertz CT molecular complexity index is 221. The van der Waals surface area contributed by atoms with Crippen LogP contribution < -0.4 is 0 Å². The molecule has 0 aliphatic rings. The Kier molecular flexibility index (Phi) is 4.86. The van der Waals surface area contributed by atoms with Crippen LogP contribution in [0.25, 0.3) is 0 Å². The van der Waals surface area contributed by atoms with E-state index in [0.29, 0.717) is 12.8 Å². The maximum absolute atomic E-state index is 11.5. The van der Waals surface area contributed by atoms with Crippen LogP contribution in [0.3, 0.4) is 0 Å². The molecular weight excluding hydrogens is 179 g/mol. The van der Waals surface area contributed by atoms with Crippen molar-refractivity contribution in [2.24, 2.45) is 0 Å². The van der Waals surface area contributed by atoms with Gasteiger partial charge in [-0.1, -0.05) is 6.92 Å². The number of carboxylic acid groups (broad SMARTS) is 1. The first-order valence-corrected chi connectivity index (χ1v) is 5.57. The van der Waals surface area contributed by atoms with Gasteiger partial charge in [-0.25, -0.2) is 4.79 Å². The Balaban J connectivity index is 4.33. The lowest BCUT2D eigenvalue weighted by Gasteiger charge is -2.09. The van der Waals surface area contributed by atoms with Crippen molar-refractivity contribution < 1.29 is 19.0 Å². The first kappa shape index (κ1) is 11.4. The van der Waals surface area contributed by atoms with Crippen LogP contribution in [0.4, 0.5) is 0 Å². The van der Waals surface area contributed by atoms with E-state index in [-0.39, 0.29) is 0 Å². The summed E-state index contributed by atoms with van der Waals surface area (Å²) in [5, 5.41) is 8.28. The van der Waals surface area contributed by atoms with Gasteiger partial charge in [0.15, 0.2) is 0 Å². The summed E-state index contributed by atoms with van der Waals surface area (Å²) in [5.41, 5.74) is 0. The predicted molar refractivity (Wildman–Crippen MR) is 46.5 cm³/mol. The molecule has 70 valence electrons. The van der Waals surface area contributed by atoms with Crippen LogP contribution in [-0.2, 0) is 13.9 Å². The van der Waals surface area contributed by atoms with E-state index in [1.54, 1.807) is 13.8 Å². The van der Waals surface area contributed by atoms with Crippen molar-refractivity contribution in [3.05, 3.63) is 11.9 Å². The number of hydrogen-bond donors (Lipinski definition) is 1. The first-order valence-electron chi connectivity index (χ1n) is 3.69. The van der Waals surface area contributed by atoms with Crippen molar-refractivity contribution in [1.82, 2.24) is 0 Å². The molecule has 0 aromatic carbocycles. The molecule has 1 atom stereocenters. The van der Waals surface area contributed by atoms with E-state index in [4.69, 9.17) is 9.63 Å². The summed E-state index contributed by atoms with van der Waals surface area (Å²) in [6, 6.07) is 0. The number of carboxylic acids is 1. The molecule has 4 nitrogen and oxygen atoms in total. The third kappa shape index (κ3) is 4.31. The van der Waals surface area contributed by atoms with E-state index in [2.05, 4.69) is 0 Å². The zero-order chi connectivity index (χ0) is 9.61. The van der Waals surface area contributed by atoms with Crippen molar-refractivity contribution in [1.29, 1.82) is 0 Å². The van der Waals surface area contributed by atoms with Gasteiger partial charge in [-0.2, -0.15) is 0 Å². The Labute approximate surface area is 71.7 Å². The molecule has 0 saturated heterocycles. The molecule has 0 aliphatic carbocycles. The lowest BCUT2D eigenvalue weighted by Crippen LogP contribution is -1.92. The van der Waals surface area contributed by atoms with E-state index in [1.165, 1.54) is 0 Å². The molecular formula is C7H13O4P. The fourth-order valence-corrected chi connectivity index (χ4v) is 1.91. The minimum absolute atomic E-state index is 0.324. The molecule has 0 fully saturated rings. The zero-order valence-electron chi connectivity index (χ0n) is 7.19. The Morgan fingerprint density at radius 2 is 2.17 bits per heavy atom. The monoisotopic (exact) mass is 192 g/mol. The number of rotatable bonds is 5. The molecule has 0 rings (SSSR count). The summed E-state index contributed by atoms with van der Waals surface area (Å²) in [5.74, 6) is 0.0297. The van der Waals surface area contributed by atoms with Gasteiger partial charge in [0.05, 0.1) is 6.61 Å². The molecule has 5 heteroatoms. The third-order valence-electron chi connectivity index (χ3n) is 1.23. The lowest BCUT2D eigenvalue weighted by molar-refractivity contribution is -0.131. The highest BCUT2D eigenvalue weighted by Gasteiger charge is 2.15. The van der Waals surface area contributed by atoms with Gasteiger partial charge < -0.3 is 9.63 Å². The SMILES string of the molecule is CCO[P@](=O)(/C=C\C(=O)O)CC. The molecule has 0 unspecified atom stereocenters. The molecule has 0 bridgehead atoms. The van der Waals surface area contributed by atoms with Gasteiger partial charge in [0.1, 0.15) is 0 Å². The summed E-state index contributed by atoms with van der Waals surface area (Å²) in [6.45, 7) is 3.74. The quantitative estimate of drug-likeness (QED) is 0.533. The number of aliphatic carboxylic acids is 1. The largest absolute Gasteiger partial charge is 0.478 e. The van der Waals surface area contributed by atoms with Crippen LogP contribution in [0, 0.1) is 0 Å². The van der Waals surface area contributed by atoms with Gasteiger partial charge in [-0.3, -0.25) is 4.57 Å². The van der Waals surface area contributed by atoms with Crippen molar-refractivity contribution in [2.45, 2.75) is 13.8 Å². The fraction of sp³-hybridized carbons (Fsp3) is 0.571. The molecule has 0 aromatic heterocycles.